The number of nitrogens with one attached hydrogen (secondary N) is 1. The van der Waals surface area contributed by atoms with Crippen LogP contribution < -0.4 is 4.90 Å². The van der Waals surface area contributed by atoms with E-state index in [1.54, 1.807) is 0 Å². The summed E-state index contributed by atoms with van der Waals surface area (Å²) in [5, 5.41) is 0. The molecule has 1 saturated heterocycles. The second-order valence-corrected chi connectivity index (χ2v) is 9.61. The summed E-state index contributed by atoms with van der Waals surface area (Å²) in [5.41, 5.74) is 2.55. The first kappa shape index (κ1) is 17.5. The molecular weight excluding hydrogens is 350 g/mol. The van der Waals surface area contributed by atoms with Crippen LogP contribution in [0.15, 0.2) is 30.5 Å². The molecule has 1 aliphatic carbocycles. The smallest absolute Gasteiger partial charge is 0.157 e. The number of aromatic nitrogens is 2. The summed E-state index contributed by atoms with van der Waals surface area (Å²) in [6.07, 6.45) is 5.52. The molecule has 7 heteroatoms. The van der Waals surface area contributed by atoms with E-state index in [2.05, 4.69) is 16.8 Å². The number of anilines is 1. The third-order valence-corrected chi connectivity index (χ3v) is 7.68. The fraction of sp³-hybridized carbons (Fsp3) is 0.526. The average Bonchev–Trinajstić information content (AvgIpc) is 3.29. The zero-order chi connectivity index (χ0) is 18.4. The molecule has 3 heterocycles. The molecule has 2 aromatic rings. The first-order valence-electron chi connectivity index (χ1n) is 9.15. The molecule has 0 unspecified atom stereocenters. The molecule has 0 amide bonds. The first-order valence-corrected chi connectivity index (χ1v) is 11.0. The summed E-state index contributed by atoms with van der Waals surface area (Å²) < 4.78 is 29.8. The van der Waals surface area contributed by atoms with E-state index in [4.69, 9.17) is 9.72 Å². The van der Waals surface area contributed by atoms with Crippen molar-refractivity contribution in [3.63, 3.8) is 0 Å². The van der Waals surface area contributed by atoms with Gasteiger partial charge in [0.15, 0.2) is 9.84 Å². The third kappa shape index (κ3) is 2.93. The fourth-order valence-electron chi connectivity index (χ4n) is 3.84. The van der Waals surface area contributed by atoms with E-state index in [0.29, 0.717) is 26.1 Å². The number of rotatable bonds is 5. The Labute approximate surface area is 154 Å². The van der Waals surface area contributed by atoms with Crippen LogP contribution in [-0.2, 0) is 19.3 Å². The van der Waals surface area contributed by atoms with Crippen LogP contribution in [0.2, 0.25) is 0 Å². The summed E-state index contributed by atoms with van der Waals surface area (Å²) in [5.74, 6) is 0.845. The molecule has 4 rings (SSSR count). The van der Waals surface area contributed by atoms with E-state index < -0.39 is 14.6 Å². The summed E-state index contributed by atoms with van der Waals surface area (Å²) in [4.78, 5) is 10.3. The number of H-pyrrole nitrogens is 1. The molecule has 1 saturated carbocycles. The molecule has 0 bridgehead atoms. The molecule has 26 heavy (non-hydrogen) atoms. The summed E-state index contributed by atoms with van der Waals surface area (Å²) in [7, 11) is -3.18. The highest BCUT2D eigenvalue weighted by atomic mass is 32.2. The monoisotopic (exact) mass is 375 g/mol. The van der Waals surface area contributed by atoms with Gasteiger partial charge in [-0.25, -0.2) is 13.4 Å². The lowest BCUT2D eigenvalue weighted by Gasteiger charge is -2.36. The summed E-state index contributed by atoms with van der Waals surface area (Å²) >= 11 is 0. The van der Waals surface area contributed by atoms with E-state index >= 15 is 0 Å². The van der Waals surface area contributed by atoms with Gasteiger partial charge >= 0.3 is 0 Å². The SMILES string of the molecule is CC[C@H]1COCCN1c1cc(C2(S(C)(=O)=O)CC2)cc(-c2ccc[nH]2)n1. The van der Waals surface area contributed by atoms with Gasteiger partial charge in [-0.2, -0.15) is 0 Å². The molecule has 2 aromatic heterocycles. The van der Waals surface area contributed by atoms with Gasteiger partial charge in [-0.1, -0.05) is 6.92 Å². The average molecular weight is 375 g/mol. The van der Waals surface area contributed by atoms with Gasteiger partial charge in [-0.3, -0.25) is 0 Å². The van der Waals surface area contributed by atoms with Gasteiger partial charge in [0, 0.05) is 19.0 Å². The zero-order valence-corrected chi connectivity index (χ0v) is 16.1. The zero-order valence-electron chi connectivity index (χ0n) is 15.2. The van der Waals surface area contributed by atoms with Gasteiger partial charge in [0.2, 0.25) is 0 Å². The third-order valence-electron chi connectivity index (χ3n) is 5.62. The van der Waals surface area contributed by atoms with Crippen LogP contribution in [0, 0.1) is 0 Å². The van der Waals surface area contributed by atoms with E-state index in [9.17, 15) is 8.42 Å². The molecule has 1 aliphatic heterocycles. The Morgan fingerprint density at radius 2 is 2.19 bits per heavy atom. The van der Waals surface area contributed by atoms with Crippen LogP contribution in [0.1, 0.15) is 31.7 Å². The molecule has 140 valence electrons. The van der Waals surface area contributed by atoms with Crippen molar-refractivity contribution in [1.29, 1.82) is 0 Å². The predicted octanol–water partition coefficient (Wildman–Crippen LogP) is 2.73. The Kier molecular flexibility index (Phi) is 4.31. The molecule has 0 aromatic carbocycles. The molecule has 6 nitrogen and oxygen atoms in total. The quantitative estimate of drug-likeness (QED) is 0.870. The fourth-order valence-corrected chi connectivity index (χ4v) is 5.23. The van der Waals surface area contributed by atoms with Crippen LogP contribution in [0.3, 0.4) is 0 Å². The molecule has 1 atom stereocenters. The highest BCUT2D eigenvalue weighted by Crippen LogP contribution is 2.53. The Bertz CT molecular complexity index is 889. The second-order valence-electron chi connectivity index (χ2n) is 7.28. The maximum Gasteiger partial charge on any atom is 0.157 e. The van der Waals surface area contributed by atoms with Crippen molar-refractivity contribution in [3.05, 3.63) is 36.0 Å². The van der Waals surface area contributed by atoms with E-state index in [1.807, 2.05) is 30.5 Å². The number of morpholine rings is 1. The van der Waals surface area contributed by atoms with Gasteiger partial charge in [0.25, 0.3) is 0 Å². The standard InChI is InChI=1S/C19H25N3O3S/c1-3-15-13-25-10-9-22(15)18-12-14(19(6-7-19)26(2,23)24)11-17(21-18)16-5-4-8-20-16/h4-5,8,11-12,15,20H,3,6-7,9-10,13H2,1-2H3/t15-/m0/s1. The minimum absolute atomic E-state index is 0.261. The van der Waals surface area contributed by atoms with Crippen LogP contribution in [0.5, 0.6) is 0 Å². The van der Waals surface area contributed by atoms with Crippen molar-refractivity contribution >= 4 is 15.7 Å². The largest absolute Gasteiger partial charge is 0.377 e. The van der Waals surface area contributed by atoms with Gasteiger partial charge in [-0.05, 0) is 49.1 Å². The lowest BCUT2D eigenvalue weighted by atomic mass is 10.1. The lowest BCUT2D eigenvalue weighted by molar-refractivity contribution is 0.0926. The van der Waals surface area contributed by atoms with Crippen LogP contribution in [0.4, 0.5) is 5.82 Å². The number of nitrogens with zero attached hydrogens (tertiary/aromatic N) is 2. The summed E-state index contributed by atoms with van der Waals surface area (Å²) in [6, 6.07) is 8.07. The molecule has 2 fully saturated rings. The van der Waals surface area contributed by atoms with Crippen molar-refractivity contribution in [2.75, 3.05) is 30.9 Å². The Morgan fingerprint density at radius 1 is 1.38 bits per heavy atom. The van der Waals surface area contributed by atoms with E-state index in [0.717, 1.165) is 35.7 Å². The van der Waals surface area contributed by atoms with E-state index in [1.165, 1.54) is 6.26 Å². The molecule has 0 spiro atoms. The minimum Gasteiger partial charge on any atom is -0.377 e. The highest BCUT2D eigenvalue weighted by molar-refractivity contribution is 7.92. The number of sulfone groups is 1. The normalized spacial score (nSPS) is 22.4. The topological polar surface area (TPSA) is 75.3 Å². The minimum atomic E-state index is -3.18. The van der Waals surface area contributed by atoms with Crippen LogP contribution in [0.25, 0.3) is 11.4 Å². The number of hydrogen-bond acceptors (Lipinski definition) is 5. The molecule has 0 radical (unpaired) electrons. The van der Waals surface area contributed by atoms with Crippen molar-refractivity contribution < 1.29 is 13.2 Å². The number of pyridine rings is 1. The summed E-state index contributed by atoms with van der Waals surface area (Å²) in [6.45, 7) is 4.25. The number of ether oxygens (including phenoxy) is 1. The molecular formula is C19H25N3O3S. The first-order chi connectivity index (χ1) is 12.4. The predicted molar refractivity (Wildman–Crippen MR) is 102 cm³/mol. The maximum absolute atomic E-state index is 12.5. The Morgan fingerprint density at radius 3 is 2.81 bits per heavy atom. The van der Waals surface area contributed by atoms with Gasteiger partial charge in [-0.15, -0.1) is 0 Å². The number of aromatic amines is 1. The maximum atomic E-state index is 12.5. The highest BCUT2D eigenvalue weighted by Gasteiger charge is 2.54. The Balaban J connectivity index is 1.84. The van der Waals surface area contributed by atoms with Crippen LogP contribution in [-0.4, -0.2) is 50.4 Å². The van der Waals surface area contributed by atoms with Crippen molar-refractivity contribution in [1.82, 2.24) is 9.97 Å². The van der Waals surface area contributed by atoms with Gasteiger partial charge in [0.05, 0.1) is 35.4 Å². The van der Waals surface area contributed by atoms with Crippen molar-refractivity contribution in [2.24, 2.45) is 0 Å². The number of hydrogen-bond donors (Lipinski definition) is 1. The van der Waals surface area contributed by atoms with E-state index in [-0.39, 0.29) is 6.04 Å². The molecule has 2 aliphatic rings. The van der Waals surface area contributed by atoms with Crippen molar-refractivity contribution in [3.8, 4) is 11.4 Å². The van der Waals surface area contributed by atoms with Gasteiger partial charge in [0.1, 0.15) is 5.82 Å². The molecule has 1 N–H and O–H groups in total. The lowest BCUT2D eigenvalue weighted by Crippen LogP contribution is -2.45. The van der Waals surface area contributed by atoms with Crippen LogP contribution >= 0.6 is 0 Å². The van der Waals surface area contributed by atoms with Crippen molar-refractivity contribution in [2.45, 2.75) is 37.0 Å². The Hall–Kier alpha value is -1.86. The second kappa shape index (κ2) is 6.39. The van der Waals surface area contributed by atoms with Gasteiger partial charge < -0.3 is 14.6 Å².